The number of rotatable bonds is 3. The number of nitrogens with one attached hydrogen (secondary N) is 1. The zero-order valence-electron chi connectivity index (χ0n) is 7.23. The highest BCUT2D eigenvalue weighted by Gasteiger charge is 1.92. The molecule has 2 heteroatoms. The molecule has 0 aliphatic rings. The van der Waals surface area contributed by atoms with Crippen LogP contribution in [0.2, 0.25) is 0 Å². The molecular weight excluding hydrogens is 178 g/mol. The van der Waals surface area contributed by atoms with Gasteiger partial charge in [-0.1, -0.05) is 24.3 Å². The van der Waals surface area contributed by atoms with Crippen molar-refractivity contribution in [2.75, 3.05) is 5.32 Å². The average molecular weight is 189 g/mol. The minimum absolute atomic E-state index is 0.918. The largest absolute Gasteiger partial charge is 0.380 e. The Balaban J connectivity index is 1.94. The van der Waals surface area contributed by atoms with Gasteiger partial charge in [0.2, 0.25) is 0 Å². The molecular formula is C11H11NS. The molecule has 0 saturated carbocycles. The van der Waals surface area contributed by atoms with Crippen LogP contribution in [0.25, 0.3) is 0 Å². The van der Waals surface area contributed by atoms with E-state index in [1.54, 1.807) is 11.3 Å². The Kier molecular flexibility index (Phi) is 2.62. The van der Waals surface area contributed by atoms with E-state index in [0.717, 1.165) is 6.54 Å². The van der Waals surface area contributed by atoms with E-state index in [4.69, 9.17) is 0 Å². The van der Waals surface area contributed by atoms with Gasteiger partial charge in [0.25, 0.3) is 0 Å². The molecule has 1 aromatic heterocycles. The summed E-state index contributed by atoms with van der Waals surface area (Å²) in [6, 6.07) is 14.5. The Morgan fingerprint density at radius 2 is 1.85 bits per heavy atom. The number of anilines is 1. The lowest BCUT2D eigenvalue weighted by atomic mass is 10.3. The van der Waals surface area contributed by atoms with E-state index in [-0.39, 0.29) is 0 Å². The summed E-state index contributed by atoms with van der Waals surface area (Å²) in [6.07, 6.45) is 0. The smallest absolute Gasteiger partial charge is 0.0494 e. The fourth-order valence-electron chi connectivity index (χ4n) is 1.16. The monoisotopic (exact) mass is 189 g/mol. The Labute approximate surface area is 82.0 Å². The van der Waals surface area contributed by atoms with Crippen molar-refractivity contribution in [3.63, 3.8) is 0 Å². The van der Waals surface area contributed by atoms with Gasteiger partial charge in [-0.25, -0.2) is 0 Å². The summed E-state index contributed by atoms with van der Waals surface area (Å²) in [5.74, 6) is 0. The molecule has 0 atom stereocenters. The van der Waals surface area contributed by atoms with E-state index in [0.29, 0.717) is 0 Å². The van der Waals surface area contributed by atoms with Crippen molar-refractivity contribution in [2.24, 2.45) is 0 Å². The molecule has 0 bridgehead atoms. The number of benzene rings is 1. The number of hydrogen-bond acceptors (Lipinski definition) is 2. The molecule has 66 valence electrons. The summed E-state index contributed by atoms with van der Waals surface area (Å²) in [5.41, 5.74) is 1.18. The summed E-state index contributed by atoms with van der Waals surface area (Å²) in [5, 5.41) is 5.46. The maximum absolute atomic E-state index is 3.36. The molecule has 2 rings (SSSR count). The predicted octanol–water partition coefficient (Wildman–Crippen LogP) is 3.36. The standard InChI is InChI=1S/C11H11NS/c1-2-5-10(6-3-1)12-9-11-7-4-8-13-11/h1-8,12H,9H2. The maximum atomic E-state index is 3.36. The van der Waals surface area contributed by atoms with Crippen molar-refractivity contribution in [1.82, 2.24) is 0 Å². The number of para-hydroxylation sites is 1. The molecule has 0 aliphatic carbocycles. The zero-order valence-corrected chi connectivity index (χ0v) is 8.05. The van der Waals surface area contributed by atoms with Crippen LogP contribution in [0.1, 0.15) is 4.88 Å². The van der Waals surface area contributed by atoms with Crippen molar-refractivity contribution in [1.29, 1.82) is 0 Å². The minimum atomic E-state index is 0.918. The molecule has 0 saturated heterocycles. The second kappa shape index (κ2) is 4.10. The van der Waals surface area contributed by atoms with Crippen LogP contribution in [0.3, 0.4) is 0 Å². The third kappa shape index (κ3) is 2.33. The van der Waals surface area contributed by atoms with Crippen LogP contribution in [-0.4, -0.2) is 0 Å². The van der Waals surface area contributed by atoms with Gasteiger partial charge < -0.3 is 5.32 Å². The van der Waals surface area contributed by atoms with Crippen molar-refractivity contribution in [3.8, 4) is 0 Å². The van der Waals surface area contributed by atoms with Gasteiger partial charge >= 0.3 is 0 Å². The molecule has 2 aromatic rings. The van der Waals surface area contributed by atoms with E-state index >= 15 is 0 Å². The van der Waals surface area contributed by atoms with E-state index in [2.05, 4.69) is 35.0 Å². The summed E-state index contributed by atoms with van der Waals surface area (Å²) in [6.45, 7) is 0.918. The average Bonchev–Trinajstić information content (AvgIpc) is 2.69. The highest BCUT2D eigenvalue weighted by Crippen LogP contribution is 2.12. The van der Waals surface area contributed by atoms with E-state index < -0.39 is 0 Å². The summed E-state index contributed by atoms with van der Waals surface area (Å²) in [7, 11) is 0. The summed E-state index contributed by atoms with van der Waals surface area (Å²) in [4.78, 5) is 1.36. The molecule has 13 heavy (non-hydrogen) atoms. The van der Waals surface area contributed by atoms with Gasteiger partial charge in [0.1, 0.15) is 0 Å². The Morgan fingerprint density at radius 3 is 2.54 bits per heavy atom. The normalized spacial score (nSPS) is 9.85. The van der Waals surface area contributed by atoms with E-state index in [9.17, 15) is 0 Å². The quantitative estimate of drug-likeness (QED) is 0.780. The fourth-order valence-corrected chi connectivity index (χ4v) is 1.80. The molecule has 0 aliphatic heterocycles. The van der Waals surface area contributed by atoms with Gasteiger partial charge in [0.15, 0.2) is 0 Å². The molecule has 0 unspecified atom stereocenters. The molecule has 0 fully saturated rings. The van der Waals surface area contributed by atoms with Gasteiger partial charge in [-0.2, -0.15) is 0 Å². The lowest BCUT2D eigenvalue weighted by Gasteiger charge is -2.03. The first-order valence-corrected chi connectivity index (χ1v) is 5.14. The third-order valence-electron chi connectivity index (χ3n) is 1.82. The van der Waals surface area contributed by atoms with Crippen LogP contribution in [-0.2, 0) is 6.54 Å². The van der Waals surface area contributed by atoms with Crippen LogP contribution >= 0.6 is 11.3 Å². The summed E-state index contributed by atoms with van der Waals surface area (Å²) >= 11 is 1.78. The minimum Gasteiger partial charge on any atom is -0.380 e. The van der Waals surface area contributed by atoms with E-state index in [1.807, 2.05) is 18.2 Å². The second-order valence-electron chi connectivity index (χ2n) is 2.80. The van der Waals surface area contributed by atoms with Gasteiger partial charge in [0.05, 0.1) is 0 Å². The first-order chi connectivity index (χ1) is 6.45. The molecule has 1 nitrogen and oxygen atoms in total. The van der Waals surface area contributed by atoms with Crippen LogP contribution in [0.15, 0.2) is 47.8 Å². The van der Waals surface area contributed by atoms with Crippen LogP contribution < -0.4 is 5.32 Å². The van der Waals surface area contributed by atoms with Gasteiger partial charge in [-0.3, -0.25) is 0 Å². The Bertz CT molecular complexity index is 340. The van der Waals surface area contributed by atoms with Crippen LogP contribution in [0.4, 0.5) is 5.69 Å². The molecule has 1 heterocycles. The molecule has 1 aromatic carbocycles. The SMILES string of the molecule is c1ccc(NCc2cccs2)cc1. The topological polar surface area (TPSA) is 12.0 Å². The first kappa shape index (κ1) is 8.32. The molecule has 0 spiro atoms. The zero-order chi connectivity index (χ0) is 8.93. The summed E-state index contributed by atoms with van der Waals surface area (Å²) < 4.78 is 0. The Hall–Kier alpha value is -1.28. The first-order valence-electron chi connectivity index (χ1n) is 4.26. The third-order valence-corrected chi connectivity index (χ3v) is 2.70. The van der Waals surface area contributed by atoms with Crippen molar-refractivity contribution in [3.05, 3.63) is 52.7 Å². The number of thiophene rings is 1. The highest BCUT2D eigenvalue weighted by atomic mass is 32.1. The molecule has 0 amide bonds. The Morgan fingerprint density at radius 1 is 1.00 bits per heavy atom. The van der Waals surface area contributed by atoms with Gasteiger partial charge in [-0.15, -0.1) is 11.3 Å². The predicted molar refractivity (Wildman–Crippen MR) is 58.1 cm³/mol. The maximum Gasteiger partial charge on any atom is 0.0494 e. The van der Waals surface area contributed by atoms with Gasteiger partial charge in [-0.05, 0) is 23.6 Å². The second-order valence-corrected chi connectivity index (χ2v) is 3.83. The highest BCUT2D eigenvalue weighted by molar-refractivity contribution is 7.09. The fraction of sp³-hybridized carbons (Fsp3) is 0.0909. The van der Waals surface area contributed by atoms with Crippen molar-refractivity contribution in [2.45, 2.75) is 6.54 Å². The molecule has 0 radical (unpaired) electrons. The van der Waals surface area contributed by atoms with Crippen molar-refractivity contribution >= 4 is 17.0 Å². The number of hydrogen-bond donors (Lipinski definition) is 1. The van der Waals surface area contributed by atoms with Gasteiger partial charge in [0, 0.05) is 17.1 Å². The van der Waals surface area contributed by atoms with Crippen LogP contribution in [0, 0.1) is 0 Å². The lowest BCUT2D eigenvalue weighted by Crippen LogP contribution is -1.96. The van der Waals surface area contributed by atoms with Crippen LogP contribution in [0.5, 0.6) is 0 Å². The lowest BCUT2D eigenvalue weighted by molar-refractivity contribution is 1.19. The van der Waals surface area contributed by atoms with Crippen molar-refractivity contribution < 1.29 is 0 Å². The molecule has 1 N–H and O–H groups in total. The van der Waals surface area contributed by atoms with E-state index in [1.165, 1.54) is 10.6 Å².